The van der Waals surface area contributed by atoms with Gasteiger partial charge >= 0.3 is 0 Å². The summed E-state index contributed by atoms with van der Waals surface area (Å²) in [5.41, 5.74) is 1.90. The topological polar surface area (TPSA) is 61.4 Å². The highest BCUT2D eigenvalue weighted by Crippen LogP contribution is 2.12. The van der Waals surface area contributed by atoms with Crippen molar-refractivity contribution in [2.45, 2.75) is 26.0 Å². The molecule has 0 aliphatic carbocycles. The third-order valence-corrected chi connectivity index (χ3v) is 3.30. The number of carbonyl (C=O) groups is 1. The summed E-state index contributed by atoms with van der Waals surface area (Å²) >= 11 is 0. The Bertz CT molecular complexity index is 401. The number of benzene rings is 1. The average molecular weight is 248 g/mol. The summed E-state index contributed by atoms with van der Waals surface area (Å²) in [6.45, 7) is 2.55. The molecule has 98 valence electrons. The van der Waals surface area contributed by atoms with Gasteiger partial charge in [-0.05, 0) is 36.6 Å². The van der Waals surface area contributed by atoms with Gasteiger partial charge in [-0.15, -0.1) is 0 Å². The van der Waals surface area contributed by atoms with Crippen LogP contribution in [0.25, 0.3) is 0 Å². The van der Waals surface area contributed by atoms with Crippen molar-refractivity contribution >= 4 is 5.91 Å². The first-order valence-corrected chi connectivity index (χ1v) is 6.44. The molecule has 1 aliphatic heterocycles. The Labute approximate surface area is 107 Å². The van der Waals surface area contributed by atoms with Gasteiger partial charge in [-0.3, -0.25) is 4.79 Å². The maximum atomic E-state index is 11.7. The Morgan fingerprint density at radius 2 is 2.28 bits per heavy atom. The quantitative estimate of drug-likeness (QED) is 0.722. The van der Waals surface area contributed by atoms with Crippen LogP contribution in [0, 0.1) is 5.92 Å². The van der Waals surface area contributed by atoms with E-state index < -0.39 is 0 Å². The van der Waals surface area contributed by atoms with Gasteiger partial charge in [0, 0.05) is 13.0 Å². The molecular formula is C14H20N2O2. The first kappa shape index (κ1) is 13.1. The van der Waals surface area contributed by atoms with Gasteiger partial charge in [0.15, 0.2) is 0 Å². The summed E-state index contributed by atoms with van der Waals surface area (Å²) in [4.78, 5) is 11.7. The molecule has 3 N–H and O–H groups in total. The molecule has 18 heavy (non-hydrogen) atoms. The summed E-state index contributed by atoms with van der Waals surface area (Å²) < 4.78 is 0. The summed E-state index contributed by atoms with van der Waals surface area (Å²) in [6, 6.07) is 7.64. The van der Waals surface area contributed by atoms with Crippen molar-refractivity contribution in [1.82, 2.24) is 10.6 Å². The molecule has 0 saturated carbocycles. The van der Waals surface area contributed by atoms with E-state index in [2.05, 4.69) is 10.6 Å². The molecule has 1 saturated heterocycles. The minimum Gasteiger partial charge on any atom is -0.392 e. The van der Waals surface area contributed by atoms with Crippen LogP contribution >= 0.6 is 0 Å². The fourth-order valence-corrected chi connectivity index (χ4v) is 2.26. The smallest absolute Gasteiger partial charge is 0.220 e. The molecule has 1 aromatic carbocycles. The van der Waals surface area contributed by atoms with Crippen molar-refractivity contribution in [3.8, 4) is 0 Å². The number of hydrogen-bond donors (Lipinski definition) is 3. The highest BCUT2D eigenvalue weighted by atomic mass is 16.3. The largest absolute Gasteiger partial charge is 0.392 e. The van der Waals surface area contributed by atoms with E-state index in [1.807, 2.05) is 24.3 Å². The average Bonchev–Trinajstić information content (AvgIpc) is 2.89. The van der Waals surface area contributed by atoms with Crippen LogP contribution < -0.4 is 10.6 Å². The third kappa shape index (κ3) is 3.82. The second kappa shape index (κ2) is 6.52. The number of amides is 1. The summed E-state index contributed by atoms with van der Waals surface area (Å²) in [7, 11) is 0. The van der Waals surface area contributed by atoms with Crippen LogP contribution in [0.2, 0.25) is 0 Å². The summed E-state index contributed by atoms with van der Waals surface area (Å²) in [5.74, 6) is 0.590. The molecule has 4 nitrogen and oxygen atoms in total. The fourth-order valence-electron chi connectivity index (χ4n) is 2.26. The molecule has 2 rings (SSSR count). The van der Waals surface area contributed by atoms with Crippen molar-refractivity contribution in [3.05, 3.63) is 35.4 Å². The predicted molar refractivity (Wildman–Crippen MR) is 69.8 cm³/mol. The van der Waals surface area contributed by atoms with E-state index in [1.54, 1.807) is 0 Å². The maximum Gasteiger partial charge on any atom is 0.220 e. The SMILES string of the molecule is O=C(CC1CCNC1)NCc1cccc(CO)c1. The molecule has 1 aliphatic rings. The lowest BCUT2D eigenvalue weighted by Crippen LogP contribution is -2.25. The Morgan fingerprint density at radius 3 is 3.00 bits per heavy atom. The second-order valence-corrected chi connectivity index (χ2v) is 4.82. The van der Waals surface area contributed by atoms with Crippen molar-refractivity contribution < 1.29 is 9.90 Å². The van der Waals surface area contributed by atoms with Crippen LogP contribution in [0.5, 0.6) is 0 Å². The van der Waals surface area contributed by atoms with Crippen molar-refractivity contribution in [3.63, 3.8) is 0 Å². The van der Waals surface area contributed by atoms with Crippen LogP contribution in [0.1, 0.15) is 24.0 Å². The van der Waals surface area contributed by atoms with Crippen LogP contribution in [0.4, 0.5) is 0 Å². The number of nitrogens with one attached hydrogen (secondary N) is 2. The Morgan fingerprint density at radius 1 is 1.44 bits per heavy atom. The van der Waals surface area contributed by atoms with Gasteiger partial charge in [0.25, 0.3) is 0 Å². The lowest BCUT2D eigenvalue weighted by molar-refractivity contribution is -0.122. The molecule has 0 radical (unpaired) electrons. The molecule has 0 bridgehead atoms. The van der Waals surface area contributed by atoms with Crippen LogP contribution in [0.15, 0.2) is 24.3 Å². The highest BCUT2D eigenvalue weighted by Gasteiger charge is 2.17. The molecule has 1 amide bonds. The number of rotatable bonds is 5. The van der Waals surface area contributed by atoms with Gasteiger partial charge in [-0.1, -0.05) is 24.3 Å². The molecule has 0 aromatic heterocycles. The first-order valence-electron chi connectivity index (χ1n) is 6.44. The van der Waals surface area contributed by atoms with Gasteiger partial charge in [0.05, 0.1) is 6.61 Å². The van der Waals surface area contributed by atoms with Crippen LogP contribution in [0.3, 0.4) is 0 Å². The zero-order valence-electron chi connectivity index (χ0n) is 10.5. The zero-order chi connectivity index (χ0) is 12.8. The van der Waals surface area contributed by atoms with E-state index in [4.69, 9.17) is 5.11 Å². The van der Waals surface area contributed by atoms with Gasteiger partial charge in [-0.2, -0.15) is 0 Å². The number of carbonyl (C=O) groups excluding carboxylic acids is 1. The van der Waals surface area contributed by atoms with Gasteiger partial charge < -0.3 is 15.7 Å². The van der Waals surface area contributed by atoms with Crippen LogP contribution in [-0.2, 0) is 17.9 Å². The minimum absolute atomic E-state index is 0.0372. The van der Waals surface area contributed by atoms with E-state index in [0.717, 1.165) is 30.6 Å². The zero-order valence-corrected chi connectivity index (χ0v) is 10.5. The third-order valence-electron chi connectivity index (χ3n) is 3.30. The molecule has 1 fully saturated rings. The maximum absolute atomic E-state index is 11.7. The normalized spacial score (nSPS) is 18.8. The fraction of sp³-hybridized carbons (Fsp3) is 0.500. The van der Waals surface area contributed by atoms with Gasteiger partial charge in [-0.25, -0.2) is 0 Å². The lowest BCUT2D eigenvalue weighted by Gasteiger charge is -2.09. The van der Waals surface area contributed by atoms with E-state index in [0.29, 0.717) is 18.9 Å². The molecule has 1 atom stereocenters. The highest BCUT2D eigenvalue weighted by molar-refractivity contribution is 5.76. The van der Waals surface area contributed by atoms with E-state index in [1.165, 1.54) is 0 Å². The molecule has 4 heteroatoms. The van der Waals surface area contributed by atoms with Crippen molar-refractivity contribution in [2.24, 2.45) is 5.92 Å². The van der Waals surface area contributed by atoms with E-state index in [9.17, 15) is 4.79 Å². The number of aliphatic hydroxyl groups excluding tert-OH is 1. The monoisotopic (exact) mass is 248 g/mol. The first-order chi connectivity index (χ1) is 8.78. The van der Waals surface area contributed by atoms with E-state index >= 15 is 0 Å². The Kier molecular flexibility index (Phi) is 4.73. The summed E-state index contributed by atoms with van der Waals surface area (Å²) in [5, 5.41) is 15.2. The molecule has 1 aromatic rings. The predicted octanol–water partition coefficient (Wildman–Crippen LogP) is 0.795. The Balaban J connectivity index is 1.77. The van der Waals surface area contributed by atoms with E-state index in [-0.39, 0.29) is 12.5 Å². The van der Waals surface area contributed by atoms with Crippen LogP contribution in [-0.4, -0.2) is 24.1 Å². The second-order valence-electron chi connectivity index (χ2n) is 4.82. The number of hydrogen-bond acceptors (Lipinski definition) is 3. The number of aliphatic hydroxyl groups is 1. The molecule has 1 unspecified atom stereocenters. The summed E-state index contributed by atoms with van der Waals surface area (Å²) in [6.07, 6.45) is 1.69. The Hall–Kier alpha value is -1.39. The van der Waals surface area contributed by atoms with Gasteiger partial charge in [0.1, 0.15) is 0 Å². The molecule has 0 spiro atoms. The standard InChI is InChI=1S/C14H20N2O2/c17-10-13-3-1-2-11(6-13)9-16-14(18)7-12-4-5-15-8-12/h1-3,6,12,15,17H,4-5,7-10H2,(H,16,18). The van der Waals surface area contributed by atoms with Crippen molar-refractivity contribution in [2.75, 3.05) is 13.1 Å². The molecular weight excluding hydrogens is 228 g/mol. The lowest BCUT2D eigenvalue weighted by atomic mass is 10.0. The minimum atomic E-state index is 0.0372. The van der Waals surface area contributed by atoms with Crippen molar-refractivity contribution in [1.29, 1.82) is 0 Å². The van der Waals surface area contributed by atoms with Gasteiger partial charge in [0.2, 0.25) is 5.91 Å². The molecule has 1 heterocycles.